The van der Waals surface area contributed by atoms with Crippen LogP contribution in [0.2, 0.25) is 0 Å². The van der Waals surface area contributed by atoms with Crippen molar-refractivity contribution in [3.05, 3.63) is 0 Å². The molecule has 0 unspecified atom stereocenters. The second-order valence-electron chi connectivity index (χ2n) is 0.250. The van der Waals surface area contributed by atoms with E-state index in [-0.39, 0.29) is 46.8 Å². The van der Waals surface area contributed by atoms with Crippen molar-refractivity contribution in [1.29, 1.82) is 0 Å². The molecule has 2 radical (unpaired) electrons. The van der Waals surface area contributed by atoms with Crippen LogP contribution >= 0.6 is 0 Å². The van der Waals surface area contributed by atoms with Crippen LogP contribution in [0, 0.1) is 0 Å². The Labute approximate surface area is 67.7 Å². The summed E-state index contributed by atoms with van der Waals surface area (Å²) in [7, 11) is 0. The SMILES string of the molecule is O=C([O-])[O-].[PbH2].[Zn+2]. The van der Waals surface area contributed by atoms with Crippen LogP contribution in [0.3, 0.4) is 0 Å². The van der Waals surface area contributed by atoms with E-state index in [1.807, 2.05) is 0 Å². The molecule has 0 fully saturated rings. The van der Waals surface area contributed by atoms with Gasteiger partial charge in [0.15, 0.2) is 0 Å². The van der Waals surface area contributed by atoms with Crippen LogP contribution in [0.15, 0.2) is 0 Å². The van der Waals surface area contributed by atoms with E-state index in [2.05, 4.69) is 0 Å². The average Bonchev–Trinajstić information content (AvgIpc) is 0.811. The second-order valence-corrected chi connectivity index (χ2v) is 0.250. The first-order chi connectivity index (χ1) is 1.73. The fraction of sp³-hybridized carbons (Fsp3) is 0. The molecule has 0 rings (SSSR count). The molecule has 0 aliphatic heterocycles. The van der Waals surface area contributed by atoms with Crippen LogP contribution in [-0.4, -0.2) is 33.5 Å². The van der Waals surface area contributed by atoms with Crippen LogP contribution < -0.4 is 10.2 Å². The molecule has 0 saturated heterocycles. The first-order valence-corrected chi connectivity index (χ1v) is 0.612. The first kappa shape index (κ1) is 15.8. The van der Waals surface area contributed by atoms with Gasteiger partial charge in [0.05, 0.1) is 0 Å². The van der Waals surface area contributed by atoms with Crippen LogP contribution in [0.1, 0.15) is 0 Å². The fourth-order valence-corrected chi connectivity index (χ4v) is 0. The minimum atomic E-state index is -2.33. The molecular weight excluding hydrogens is 333 g/mol. The largest absolute Gasteiger partial charge is 2.00 e. The summed E-state index contributed by atoms with van der Waals surface area (Å²) in [6.45, 7) is 0. The maximum atomic E-state index is 8.33. The Bertz CT molecular complexity index is 33.8. The zero-order valence-corrected chi connectivity index (χ0v) is 11.6. The molecule has 0 spiro atoms. The molecule has 0 bridgehead atoms. The molecule has 3 nitrogen and oxygen atoms in total. The minimum Gasteiger partial charge on any atom is 2.00 e. The van der Waals surface area contributed by atoms with Crippen molar-refractivity contribution < 1.29 is 34.5 Å². The van der Waals surface area contributed by atoms with Crippen molar-refractivity contribution in [3.8, 4) is 0 Å². The van der Waals surface area contributed by atoms with Gasteiger partial charge in [-0.05, 0) is 6.16 Å². The quantitative estimate of drug-likeness (QED) is 0.435. The molecule has 0 aromatic heterocycles. The maximum absolute atomic E-state index is 8.33. The molecule has 30 valence electrons. The van der Waals surface area contributed by atoms with Crippen molar-refractivity contribution >= 4 is 33.5 Å². The molecule has 0 aromatic carbocycles. The van der Waals surface area contributed by atoms with E-state index >= 15 is 0 Å². The van der Waals surface area contributed by atoms with Gasteiger partial charge in [0.2, 0.25) is 0 Å². The third kappa shape index (κ3) is 105. The number of rotatable bonds is 0. The van der Waals surface area contributed by atoms with E-state index in [4.69, 9.17) is 15.0 Å². The summed E-state index contributed by atoms with van der Waals surface area (Å²) < 4.78 is 0. The molecule has 6 heavy (non-hydrogen) atoms. The molecule has 0 atom stereocenters. The zero-order chi connectivity index (χ0) is 3.58. The van der Waals surface area contributed by atoms with Gasteiger partial charge in [0, 0.05) is 0 Å². The summed E-state index contributed by atoms with van der Waals surface area (Å²) >= 11 is 0. The van der Waals surface area contributed by atoms with Crippen LogP contribution in [0.4, 0.5) is 4.79 Å². The first-order valence-electron chi connectivity index (χ1n) is 0.612. The fourth-order valence-electron chi connectivity index (χ4n) is 0. The van der Waals surface area contributed by atoms with E-state index in [1.165, 1.54) is 0 Å². The summed E-state index contributed by atoms with van der Waals surface area (Å²) in [5, 5.41) is 16.7. The van der Waals surface area contributed by atoms with Crippen molar-refractivity contribution in [1.82, 2.24) is 0 Å². The summed E-state index contributed by atoms with van der Waals surface area (Å²) in [5.41, 5.74) is 0. The molecule has 0 amide bonds. The van der Waals surface area contributed by atoms with Gasteiger partial charge in [0.25, 0.3) is 0 Å². The van der Waals surface area contributed by atoms with Crippen LogP contribution in [0.25, 0.3) is 0 Å². The Morgan fingerprint density at radius 1 is 1.33 bits per heavy atom. The van der Waals surface area contributed by atoms with Crippen LogP contribution in [-0.2, 0) is 19.5 Å². The summed E-state index contributed by atoms with van der Waals surface area (Å²) in [5.74, 6) is 0. The smallest absolute Gasteiger partial charge is 2.00 e. The number of hydrogen-bond donors (Lipinski definition) is 0. The van der Waals surface area contributed by atoms with E-state index in [0.717, 1.165) is 0 Å². The molecule has 0 aromatic rings. The summed E-state index contributed by atoms with van der Waals surface area (Å²) in [4.78, 5) is 8.33. The number of carboxylic acid groups (broad SMARTS) is 2. The van der Waals surface area contributed by atoms with Gasteiger partial charge in [0.1, 0.15) is 0 Å². The topological polar surface area (TPSA) is 63.2 Å². The van der Waals surface area contributed by atoms with Crippen LogP contribution in [0.5, 0.6) is 0 Å². The molecule has 5 heteroatoms. The van der Waals surface area contributed by atoms with Gasteiger partial charge in [-0.3, -0.25) is 0 Å². The van der Waals surface area contributed by atoms with Crippen molar-refractivity contribution in [2.75, 3.05) is 0 Å². The van der Waals surface area contributed by atoms with Gasteiger partial charge in [-0.15, -0.1) is 0 Å². The molecule has 0 heterocycles. The zero-order valence-electron chi connectivity index (χ0n) is 3.14. The standard InChI is InChI=1S/CH2O3.Pb.Zn.2H/c2-1(3)4;;;;/h(H2,2,3,4);;;;/q;;+2;;/p-2. The third-order valence-electron chi connectivity index (χ3n) is 0. The van der Waals surface area contributed by atoms with Gasteiger partial charge < -0.3 is 15.0 Å². The van der Waals surface area contributed by atoms with E-state index in [0.29, 0.717) is 0 Å². The predicted molar refractivity (Wildman–Crippen MR) is 13.9 cm³/mol. The molecule has 0 saturated carbocycles. The summed E-state index contributed by atoms with van der Waals surface area (Å²) in [6, 6.07) is 0. The summed E-state index contributed by atoms with van der Waals surface area (Å²) in [6.07, 6.45) is -2.33. The predicted octanol–water partition coefficient (Wildman–Crippen LogP) is -3.37. The Morgan fingerprint density at radius 2 is 1.33 bits per heavy atom. The van der Waals surface area contributed by atoms with Crippen molar-refractivity contribution in [2.45, 2.75) is 0 Å². The number of carbonyl (C=O) groups excluding carboxylic acids is 1. The normalized spacial score (nSPS) is 4.00. The third-order valence-corrected chi connectivity index (χ3v) is 0. The van der Waals surface area contributed by atoms with Gasteiger partial charge >= 0.3 is 46.8 Å². The number of hydrogen-bond acceptors (Lipinski definition) is 3. The Kier molecular flexibility index (Phi) is 24.4. The Hall–Kier alpha value is 0.815. The minimum absolute atomic E-state index is 0. The Balaban J connectivity index is -0.0000000450. The molecule has 0 aliphatic carbocycles. The van der Waals surface area contributed by atoms with Crippen molar-refractivity contribution in [2.24, 2.45) is 0 Å². The average molecular weight is 335 g/mol. The molecule has 0 N–H and O–H groups in total. The van der Waals surface area contributed by atoms with Crippen molar-refractivity contribution in [3.63, 3.8) is 0 Å². The van der Waals surface area contributed by atoms with E-state index < -0.39 is 6.16 Å². The van der Waals surface area contributed by atoms with Gasteiger partial charge in [-0.2, -0.15) is 0 Å². The number of carbonyl (C=O) groups is 1. The van der Waals surface area contributed by atoms with E-state index in [1.54, 1.807) is 0 Å². The maximum Gasteiger partial charge on any atom is 2.00 e. The van der Waals surface area contributed by atoms with Gasteiger partial charge in [-0.1, -0.05) is 0 Å². The Morgan fingerprint density at radius 3 is 1.33 bits per heavy atom. The molecular formula is CH2O3PbZn. The van der Waals surface area contributed by atoms with E-state index in [9.17, 15) is 0 Å². The molecule has 0 aliphatic rings. The van der Waals surface area contributed by atoms with Gasteiger partial charge in [-0.25, -0.2) is 0 Å². The monoisotopic (exact) mass is 334 g/mol. The second kappa shape index (κ2) is 9.26.